The van der Waals surface area contributed by atoms with Crippen LogP contribution in [0.4, 0.5) is 11.6 Å². The number of alkyl halides is 3. The number of amides is 4. The first-order valence-corrected chi connectivity index (χ1v) is 56.4. The number of quaternary nitrogens is 2. The van der Waals surface area contributed by atoms with E-state index in [0.29, 0.717) is 60.8 Å². The van der Waals surface area contributed by atoms with E-state index in [1.165, 1.54) is 44.8 Å². The third kappa shape index (κ3) is 35.8. The third-order valence-electron chi connectivity index (χ3n) is 23.2. The van der Waals surface area contributed by atoms with Crippen LogP contribution in [0.25, 0.3) is 0 Å². The molecule has 0 saturated carbocycles. The Hall–Kier alpha value is -3.67. The molecule has 0 spiro atoms. The van der Waals surface area contributed by atoms with Gasteiger partial charge in [0.1, 0.15) is 49.2 Å². The number of nitrogens with one attached hydrogen (secondary N) is 2. The molecule has 12 rings (SSSR count). The summed E-state index contributed by atoms with van der Waals surface area (Å²) in [4.78, 5) is 109. The first-order chi connectivity index (χ1) is 58.9. The molecule has 2 aromatic heterocycles. The Balaban J connectivity index is 0.000000419. The minimum atomic E-state index is -0.738. The van der Waals surface area contributed by atoms with Crippen LogP contribution in [0.15, 0.2) is 173 Å². The summed E-state index contributed by atoms with van der Waals surface area (Å²) in [5.41, 5.74) is 13.1. The summed E-state index contributed by atoms with van der Waals surface area (Å²) in [6, 6.07) is 8.57. The molecule has 0 radical (unpaired) electrons. The number of unbranched alkanes of at least 4 members (excludes halogenated alkanes) is 8. The van der Waals surface area contributed by atoms with Crippen LogP contribution in [-0.4, -0.2) is 177 Å². The van der Waals surface area contributed by atoms with E-state index in [1.807, 2.05) is 0 Å². The van der Waals surface area contributed by atoms with Gasteiger partial charge in [-0.05, 0) is 163 Å². The van der Waals surface area contributed by atoms with Crippen molar-refractivity contribution in [2.75, 3.05) is 67.5 Å². The van der Waals surface area contributed by atoms with Crippen LogP contribution in [0, 0.1) is 17.8 Å². The number of aliphatic carboxylic acids is 4. The number of rotatable bonds is 32. The Morgan fingerprint density at radius 3 is 1.09 bits per heavy atom. The number of hydrogen-bond acceptors (Lipinski definition) is 14. The molecular formula is C93H128Cl2I7N12O12V+. The summed E-state index contributed by atoms with van der Waals surface area (Å²) >= 11 is 26.2. The molecule has 0 aliphatic carbocycles. The second kappa shape index (κ2) is 55.4. The zero-order valence-corrected chi connectivity index (χ0v) is 93.5. The van der Waals surface area contributed by atoms with Gasteiger partial charge in [-0.1, -0.05) is 156 Å². The van der Waals surface area contributed by atoms with Gasteiger partial charge in [-0.25, -0.2) is 19.1 Å². The van der Waals surface area contributed by atoms with Crippen molar-refractivity contribution >= 4 is 213 Å². The molecule has 10 aliphatic rings. The molecule has 2 saturated heterocycles. The fourth-order valence-corrected chi connectivity index (χ4v) is 17.0. The summed E-state index contributed by atoms with van der Waals surface area (Å²) in [5.74, 6) is 0.460. The predicted octanol–water partition coefficient (Wildman–Crippen LogP) is 14.0. The summed E-state index contributed by atoms with van der Waals surface area (Å²) in [6.45, 7) is 29.6. The Kier molecular flexibility index (Phi) is 50.4. The van der Waals surface area contributed by atoms with Crippen LogP contribution in [0.2, 0.25) is 0 Å². The number of likely N-dealkylation sites (N-methyl/N-ethyl adjacent to an activating group) is 2. The van der Waals surface area contributed by atoms with Crippen LogP contribution in [-0.2, 0) is 71.7 Å². The van der Waals surface area contributed by atoms with Gasteiger partial charge in [0.15, 0.2) is 0 Å². The summed E-state index contributed by atoms with van der Waals surface area (Å²) in [7, 11) is 9.67. The van der Waals surface area contributed by atoms with Crippen molar-refractivity contribution in [1.29, 1.82) is 0 Å². The maximum atomic E-state index is 10.9. The Bertz CT molecular complexity index is 4410. The van der Waals surface area contributed by atoms with E-state index >= 15 is 0 Å². The van der Waals surface area contributed by atoms with Gasteiger partial charge < -0.3 is 94.1 Å². The van der Waals surface area contributed by atoms with Crippen LogP contribution in [0.3, 0.4) is 0 Å². The van der Waals surface area contributed by atoms with Crippen molar-refractivity contribution in [1.82, 2.24) is 20.4 Å². The number of imide groups is 2. The normalized spacial score (nSPS) is 19.9. The van der Waals surface area contributed by atoms with E-state index in [0.717, 1.165) is 194 Å². The fraction of sp³-hybridized carbons (Fsp3) is 0.538. The number of halogens is 9. The summed E-state index contributed by atoms with van der Waals surface area (Å²) in [5, 5.41) is 41.9. The zero-order chi connectivity index (χ0) is 92.8. The number of aliphatic imine (C=N–C) groups is 4. The molecule has 10 aliphatic heterocycles. The molecule has 0 atom stereocenters. The van der Waals surface area contributed by atoms with Crippen LogP contribution >= 0.6 is 131 Å². The number of carboxylic acids is 4. The van der Waals surface area contributed by atoms with E-state index in [2.05, 4.69) is 325 Å². The summed E-state index contributed by atoms with van der Waals surface area (Å²) in [6.07, 6.45) is 41.1. The van der Waals surface area contributed by atoms with Crippen molar-refractivity contribution in [3.8, 4) is 0 Å². The van der Waals surface area contributed by atoms with E-state index in [4.69, 9.17) is 63.6 Å². The number of carbonyl (C=O) groups excluding carboxylic acids is 4. The molecule has 4 amide bonds. The predicted molar refractivity (Wildman–Crippen MR) is 538 cm³/mol. The average Bonchev–Trinajstić information content (AvgIpc) is 1.63. The Morgan fingerprint density at radius 1 is 0.496 bits per heavy atom. The second-order valence-corrected chi connectivity index (χ2v) is 58.9. The summed E-state index contributed by atoms with van der Waals surface area (Å²) < 4.78 is 6.84. The van der Waals surface area contributed by atoms with Gasteiger partial charge in [0.25, 0.3) is 0 Å². The number of carboxylic acid groups (broad SMARTS) is 4. The number of aryl methyl sites for hydroxylation is 2. The van der Waals surface area contributed by atoms with Gasteiger partial charge >= 0.3 is 84.9 Å². The van der Waals surface area contributed by atoms with Crippen molar-refractivity contribution in [3.05, 3.63) is 171 Å². The van der Waals surface area contributed by atoms with Crippen LogP contribution in [0.1, 0.15) is 228 Å². The van der Waals surface area contributed by atoms with E-state index in [9.17, 15) is 38.4 Å². The number of fused-ring (bicyclic) bond motifs is 4. The molecule has 2 fully saturated rings. The van der Waals surface area contributed by atoms with Gasteiger partial charge in [-0.3, -0.25) is 49.0 Å². The van der Waals surface area contributed by atoms with E-state index < -0.39 is 23.9 Å². The first-order valence-electron chi connectivity index (χ1n) is 42.9. The van der Waals surface area contributed by atoms with Crippen LogP contribution < -0.4 is 67.7 Å². The Morgan fingerprint density at radius 2 is 0.803 bits per heavy atom. The van der Waals surface area contributed by atoms with Gasteiger partial charge in [0.2, 0.25) is 23.6 Å². The number of pyridine rings is 2. The van der Waals surface area contributed by atoms with E-state index in [-0.39, 0.29) is 119 Å². The average molecular weight is 2620 g/mol. The monoisotopic (exact) mass is 2610 g/mol. The standard InChI is InChI=1S/2C41H54ClN5O4.2C4H5NO2.C2H5.CHI3.4HI.V/c2*1-40(2)31-15-13-25-45(23-11-7-9-17-35(48)49)38(31)43-33(40)21-19-29-27-47(5,6)28-30(37(29)42)20-22-34-41(3,4)32-16-14-26-46(39(32)44-34)24-12-8-10-18-36(50)51;2*6-3-1-2-4(7)5-3;1-2;2-1(3)4;;;;;/h2*13-16,19,21,25-26H,7-12,17-18,20,22-24,27-28H2,1-6H3;2*1-2H2,(H,5,6,7);1H2,2H3;1H;4*1H;/q;;;;-1;;;;;;+2/b2*29-19+,33-21+;;;;;;;;;. The fourth-order valence-electron chi connectivity index (χ4n) is 16.5. The molecule has 34 heteroatoms. The molecular weight excluding hydrogens is 2490 g/mol. The third-order valence-corrected chi connectivity index (χ3v) is 24.2. The van der Waals surface area contributed by atoms with Crippen molar-refractivity contribution < 1.29 is 134 Å². The number of allylic oxidation sites excluding steroid dienone is 10. The number of carbonyl (C=O) groups is 8. The molecule has 6 N–H and O–H groups in total. The minimum absolute atomic E-state index is 0. The first kappa shape index (κ1) is 116. The van der Waals surface area contributed by atoms with E-state index in [1.54, 1.807) is 6.92 Å². The maximum absolute atomic E-state index is 10.9. The molecule has 12 heterocycles. The molecule has 24 nitrogen and oxygen atoms in total. The number of hydrogen-bond donors (Lipinski definition) is 6. The molecule has 0 aromatic carbocycles. The molecule has 127 heavy (non-hydrogen) atoms. The number of amidine groups is 2. The number of aromatic nitrogens is 2. The van der Waals surface area contributed by atoms with Crippen molar-refractivity contribution in [2.24, 2.45) is 30.8 Å². The van der Waals surface area contributed by atoms with Crippen LogP contribution in [0.5, 0.6) is 0 Å². The van der Waals surface area contributed by atoms with Gasteiger partial charge in [-0.2, -0.15) is 6.92 Å². The van der Waals surface area contributed by atoms with Gasteiger partial charge in [0.05, 0.1) is 97.1 Å². The Labute approximate surface area is 866 Å². The zero-order valence-electron chi connectivity index (χ0n) is 75.5. The van der Waals surface area contributed by atoms with Gasteiger partial charge in [-0.15, -0.1) is 0 Å². The molecule has 699 valence electrons. The number of nitrogens with zero attached hydrogens (tertiary/aromatic N) is 10. The molecule has 2 aromatic rings. The second-order valence-electron chi connectivity index (χ2n) is 35.5. The molecule has 0 bridgehead atoms. The topological polar surface area (TPSA) is 305 Å². The quantitative estimate of drug-likeness (QED) is 0.00755. The SMILES string of the molecule is CC1(C)C2=CC=CN(CCCCCC(=O)O)C2=N/C1=C/C=C1\C[N+](C)(C)CC(CCC2=Nc3c(ccc[n+]3CCCCCC(=O)O)C2(C)C)=C1Cl.CC1(C)C2=CC=CN(CCCCCC(=O)O)C2=N/C1=C/C=C1\C[N+](C)(C)CC(CCC2=Nc3c(ccc[n+]3CCCCCC(=O)O)C2(C)C)=C1Cl.IC(I)I.O=C1CCC(=O)N1.O=C1CCC(=O)N1.[CH2-]C.[I-].[I-].[I][V][I]. The van der Waals surface area contributed by atoms with Crippen molar-refractivity contribution in [3.63, 3.8) is 0 Å². The molecule has 0 unspecified atom stereocenters. The van der Waals surface area contributed by atoms with Gasteiger partial charge in [0, 0.05) is 134 Å². The van der Waals surface area contributed by atoms with Crippen molar-refractivity contribution in [2.45, 2.75) is 240 Å².